The highest BCUT2D eigenvalue weighted by atomic mass is 79.9. The first kappa shape index (κ1) is 14.1. The number of hydrogen-bond acceptors (Lipinski definition) is 2. The zero-order valence-corrected chi connectivity index (χ0v) is 13.0. The number of nitrogens with zero attached hydrogens (tertiary/aromatic N) is 1. The predicted octanol–water partition coefficient (Wildman–Crippen LogP) is 5.18. The number of phenolic OH excluding ortho intramolecular Hbond substituents is 1. The molecule has 19 heavy (non-hydrogen) atoms. The van der Waals surface area contributed by atoms with Crippen LogP contribution in [0.5, 0.6) is 5.75 Å². The van der Waals surface area contributed by atoms with Gasteiger partial charge in [0.1, 0.15) is 5.75 Å². The molecule has 0 spiro atoms. The minimum Gasteiger partial charge on any atom is -0.506 e. The van der Waals surface area contributed by atoms with Crippen LogP contribution < -0.4 is 0 Å². The molecular formula is C15H13BrClNO. The number of rotatable bonds is 2. The fourth-order valence-electron chi connectivity index (χ4n) is 1.68. The van der Waals surface area contributed by atoms with Gasteiger partial charge in [0.2, 0.25) is 0 Å². The largest absolute Gasteiger partial charge is 0.506 e. The molecule has 0 unspecified atom stereocenters. The van der Waals surface area contributed by atoms with Gasteiger partial charge >= 0.3 is 0 Å². The van der Waals surface area contributed by atoms with Crippen LogP contribution >= 0.6 is 27.5 Å². The second kappa shape index (κ2) is 5.76. The molecule has 2 aromatic rings. The molecule has 0 aliphatic heterocycles. The summed E-state index contributed by atoms with van der Waals surface area (Å²) in [6, 6.07) is 9.49. The van der Waals surface area contributed by atoms with Gasteiger partial charge < -0.3 is 5.11 Å². The van der Waals surface area contributed by atoms with E-state index in [2.05, 4.69) is 20.9 Å². The van der Waals surface area contributed by atoms with Crippen molar-refractivity contribution >= 4 is 39.4 Å². The van der Waals surface area contributed by atoms with Gasteiger partial charge in [-0.05, 0) is 43.2 Å². The fourth-order valence-corrected chi connectivity index (χ4v) is 2.52. The Bertz CT molecular complexity index is 653. The molecule has 0 aliphatic rings. The molecule has 1 N–H and O–H groups in total. The first-order valence-electron chi connectivity index (χ1n) is 5.76. The minimum absolute atomic E-state index is 0.0407. The van der Waals surface area contributed by atoms with Crippen molar-refractivity contribution in [3.05, 3.63) is 56.5 Å². The average Bonchev–Trinajstić information content (AvgIpc) is 2.35. The Hall–Kier alpha value is -1.32. The standard InChI is InChI=1S/C15H13BrClNO/c1-9-3-4-10(2)14(5-9)18-8-11-6-12(16)7-13(17)15(11)19/h3-8,19H,1-2H3. The normalized spacial score (nSPS) is 11.2. The van der Waals surface area contributed by atoms with E-state index < -0.39 is 0 Å². The third-order valence-corrected chi connectivity index (χ3v) is 3.51. The number of aryl methyl sites for hydroxylation is 2. The van der Waals surface area contributed by atoms with Crippen LogP contribution in [-0.4, -0.2) is 11.3 Å². The molecule has 2 aromatic carbocycles. The van der Waals surface area contributed by atoms with Crippen LogP contribution in [0.3, 0.4) is 0 Å². The summed E-state index contributed by atoms with van der Waals surface area (Å²) in [6.07, 6.45) is 1.62. The zero-order chi connectivity index (χ0) is 14.0. The van der Waals surface area contributed by atoms with E-state index in [1.165, 1.54) is 0 Å². The molecule has 0 amide bonds. The highest BCUT2D eigenvalue weighted by Gasteiger charge is 2.06. The maximum Gasteiger partial charge on any atom is 0.143 e. The van der Waals surface area contributed by atoms with Crippen molar-refractivity contribution < 1.29 is 5.11 Å². The number of aliphatic imine (C=N–C) groups is 1. The molecule has 0 radical (unpaired) electrons. The Kier molecular flexibility index (Phi) is 4.27. The number of benzene rings is 2. The topological polar surface area (TPSA) is 32.6 Å². The van der Waals surface area contributed by atoms with Gasteiger partial charge in [-0.3, -0.25) is 4.99 Å². The highest BCUT2D eigenvalue weighted by Crippen LogP contribution is 2.31. The Morgan fingerprint density at radius 1 is 1.21 bits per heavy atom. The second-order valence-corrected chi connectivity index (χ2v) is 5.70. The lowest BCUT2D eigenvalue weighted by atomic mass is 10.1. The van der Waals surface area contributed by atoms with Gasteiger partial charge in [-0.1, -0.05) is 39.7 Å². The summed E-state index contributed by atoms with van der Waals surface area (Å²) in [6.45, 7) is 4.02. The summed E-state index contributed by atoms with van der Waals surface area (Å²) < 4.78 is 0.803. The molecule has 0 fully saturated rings. The third kappa shape index (κ3) is 3.37. The lowest BCUT2D eigenvalue weighted by Gasteiger charge is -2.04. The second-order valence-electron chi connectivity index (χ2n) is 4.37. The molecule has 98 valence electrons. The van der Waals surface area contributed by atoms with E-state index in [4.69, 9.17) is 11.6 Å². The van der Waals surface area contributed by atoms with Gasteiger partial charge in [-0.25, -0.2) is 0 Å². The van der Waals surface area contributed by atoms with Crippen LogP contribution in [0.2, 0.25) is 5.02 Å². The maximum absolute atomic E-state index is 9.88. The lowest BCUT2D eigenvalue weighted by molar-refractivity contribution is 0.474. The van der Waals surface area contributed by atoms with E-state index in [0.717, 1.165) is 21.3 Å². The molecule has 0 heterocycles. The fraction of sp³-hybridized carbons (Fsp3) is 0.133. The summed E-state index contributed by atoms with van der Waals surface area (Å²) in [4.78, 5) is 4.42. The number of aromatic hydroxyl groups is 1. The molecular weight excluding hydrogens is 326 g/mol. The minimum atomic E-state index is 0.0407. The van der Waals surface area contributed by atoms with Gasteiger partial charge in [-0.2, -0.15) is 0 Å². The van der Waals surface area contributed by atoms with Crippen molar-refractivity contribution in [2.24, 2.45) is 4.99 Å². The van der Waals surface area contributed by atoms with Crippen LogP contribution in [-0.2, 0) is 0 Å². The summed E-state index contributed by atoms with van der Waals surface area (Å²) >= 11 is 9.26. The Morgan fingerprint density at radius 3 is 2.68 bits per heavy atom. The lowest BCUT2D eigenvalue weighted by Crippen LogP contribution is -1.85. The van der Waals surface area contributed by atoms with Crippen molar-refractivity contribution in [1.82, 2.24) is 0 Å². The first-order valence-corrected chi connectivity index (χ1v) is 6.94. The molecule has 0 bridgehead atoms. The summed E-state index contributed by atoms with van der Waals surface area (Å²) in [5.74, 6) is 0.0407. The van der Waals surface area contributed by atoms with Crippen LogP contribution in [0.25, 0.3) is 0 Å². The van der Waals surface area contributed by atoms with E-state index in [-0.39, 0.29) is 5.75 Å². The van der Waals surface area contributed by atoms with Crippen LogP contribution in [0.15, 0.2) is 39.8 Å². The Labute approximate surface area is 125 Å². The van der Waals surface area contributed by atoms with E-state index in [9.17, 15) is 5.11 Å². The molecule has 2 nitrogen and oxygen atoms in total. The summed E-state index contributed by atoms with van der Waals surface area (Å²) in [7, 11) is 0. The van der Waals surface area contributed by atoms with Crippen molar-refractivity contribution in [3.8, 4) is 5.75 Å². The van der Waals surface area contributed by atoms with Crippen molar-refractivity contribution in [2.75, 3.05) is 0 Å². The van der Waals surface area contributed by atoms with Crippen LogP contribution in [0.4, 0.5) is 5.69 Å². The van der Waals surface area contributed by atoms with Gasteiger partial charge in [0.25, 0.3) is 0 Å². The number of hydrogen-bond donors (Lipinski definition) is 1. The smallest absolute Gasteiger partial charge is 0.143 e. The maximum atomic E-state index is 9.88. The summed E-state index contributed by atoms with van der Waals surface area (Å²) in [5, 5.41) is 10.2. The molecule has 4 heteroatoms. The zero-order valence-electron chi connectivity index (χ0n) is 10.6. The summed E-state index contributed by atoms with van der Waals surface area (Å²) in [5.41, 5.74) is 3.70. The molecule has 0 saturated heterocycles. The molecule has 0 atom stereocenters. The quantitative estimate of drug-likeness (QED) is 0.752. The van der Waals surface area contributed by atoms with Gasteiger partial charge in [0, 0.05) is 16.3 Å². The van der Waals surface area contributed by atoms with Crippen molar-refractivity contribution in [3.63, 3.8) is 0 Å². The van der Waals surface area contributed by atoms with Crippen LogP contribution in [0.1, 0.15) is 16.7 Å². The Morgan fingerprint density at radius 2 is 1.95 bits per heavy atom. The van der Waals surface area contributed by atoms with Gasteiger partial charge in [0.05, 0.1) is 10.7 Å². The monoisotopic (exact) mass is 337 g/mol. The molecule has 0 aliphatic carbocycles. The average molecular weight is 339 g/mol. The number of halogens is 2. The van der Waals surface area contributed by atoms with Crippen LogP contribution in [0, 0.1) is 13.8 Å². The van der Waals surface area contributed by atoms with E-state index in [1.54, 1.807) is 18.3 Å². The molecule has 0 aromatic heterocycles. The molecule has 2 rings (SSSR count). The van der Waals surface area contributed by atoms with E-state index in [0.29, 0.717) is 10.6 Å². The predicted molar refractivity (Wildman–Crippen MR) is 84.0 cm³/mol. The van der Waals surface area contributed by atoms with Gasteiger partial charge in [0.15, 0.2) is 0 Å². The van der Waals surface area contributed by atoms with Crippen molar-refractivity contribution in [1.29, 1.82) is 0 Å². The third-order valence-electron chi connectivity index (χ3n) is 2.77. The Balaban J connectivity index is 2.40. The first-order chi connectivity index (χ1) is 8.97. The van der Waals surface area contributed by atoms with E-state index in [1.807, 2.05) is 32.0 Å². The highest BCUT2D eigenvalue weighted by molar-refractivity contribution is 9.10. The van der Waals surface area contributed by atoms with Crippen molar-refractivity contribution in [2.45, 2.75) is 13.8 Å². The SMILES string of the molecule is Cc1ccc(C)c(N=Cc2cc(Br)cc(Cl)c2O)c1. The number of phenols is 1. The van der Waals surface area contributed by atoms with E-state index >= 15 is 0 Å². The molecule has 0 saturated carbocycles. The van der Waals surface area contributed by atoms with Gasteiger partial charge in [-0.15, -0.1) is 0 Å².